The summed E-state index contributed by atoms with van der Waals surface area (Å²) >= 11 is 3.26. The summed E-state index contributed by atoms with van der Waals surface area (Å²) in [4.78, 5) is 16.6. The molecule has 0 saturated heterocycles. The Labute approximate surface area is 130 Å². The summed E-state index contributed by atoms with van der Waals surface area (Å²) in [6.07, 6.45) is 1.68. The van der Waals surface area contributed by atoms with Gasteiger partial charge in [0.1, 0.15) is 0 Å². The predicted molar refractivity (Wildman–Crippen MR) is 85.8 cm³/mol. The maximum absolute atomic E-state index is 12.3. The zero-order valence-corrected chi connectivity index (χ0v) is 13.1. The fraction of sp³-hybridized carbons (Fsp3) is 0.143. The van der Waals surface area contributed by atoms with Crippen LogP contribution in [0.2, 0.25) is 0 Å². The molecule has 3 rings (SSSR count). The minimum absolute atomic E-state index is 0. The van der Waals surface area contributed by atoms with E-state index in [9.17, 15) is 4.79 Å². The van der Waals surface area contributed by atoms with Crippen molar-refractivity contribution in [2.24, 2.45) is 0 Å². The van der Waals surface area contributed by atoms with Crippen molar-refractivity contribution in [3.8, 4) is 0 Å². The first-order valence-corrected chi connectivity index (χ1v) is 6.70. The van der Waals surface area contributed by atoms with E-state index >= 15 is 0 Å². The Hall–Kier alpha value is -1.59. The Morgan fingerprint density at radius 2 is 1.85 bits per heavy atom. The van der Waals surface area contributed by atoms with Crippen molar-refractivity contribution in [2.75, 3.05) is 0 Å². The van der Waals surface area contributed by atoms with Gasteiger partial charge in [0.25, 0.3) is 0 Å². The fourth-order valence-corrected chi connectivity index (χ4v) is 2.72. The molecule has 104 valence electrons. The smallest absolute Gasteiger partial charge is 0.282 e. The molecule has 0 radical (unpaired) electrons. The zero-order chi connectivity index (χ0) is 13.4. The van der Waals surface area contributed by atoms with E-state index in [1.54, 1.807) is 10.8 Å². The second-order valence-electron chi connectivity index (χ2n) is 4.37. The molecule has 3 aromatic rings. The number of hydrogen-bond donors (Lipinski definition) is 0. The second-order valence-corrected chi connectivity index (χ2v) is 5.08. The molecular formula is C14H13BrClN3O. The predicted octanol–water partition coefficient (Wildman–Crippen LogP) is 3.39. The third kappa shape index (κ3) is 2.27. The van der Waals surface area contributed by atoms with Crippen LogP contribution >= 0.6 is 28.6 Å². The van der Waals surface area contributed by atoms with Gasteiger partial charge in [-0.3, -0.25) is 4.57 Å². The quantitative estimate of drug-likeness (QED) is 0.708. The summed E-state index contributed by atoms with van der Waals surface area (Å²) in [5, 5.41) is 0. The lowest BCUT2D eigenvalue weighted by molar-refractivity contribution is 0.633. The first-order chi connectivity index (χ1) is 9.20. The van der Waals surface area contributed by atoms with Crippen molar-refractivity contribution in [1.82, 2.24) is 13.1 Å². The van der Waals surface area contributed by atoms with E-state index in [2.05, 4.69) is 21.1 Å². The molecule has 1 aromatic carbocycles. The van der Waals surface area contributed by atoms with E-state index in [4.69, 9.17) is 0 Å². The Morgan fingerprint density at radius 3 is 2.55 bits per heavy atom. The van der Waals surface area contributed by atoms with E-state index < -0.39 is 0 Å². The van der Waals surface area contributed by atoms with Gasteiger partial charge in [-0.2, -0.15) is 0 Å². The molecule has 1 unspecified atom stereocenters. The van der Waals surface area contributed by atoms with Crippen LogP contribution in [0, 0.1) is 0 Å². The van der Waals surface area contributed by atoms with E-state index in [0.29, 0.717) is 5.65 Å². The molecule has 2 heterocycles. The maximum atomic E-state index is 12.3. The number of hydrogen-bond acceptors (Lipinski definition) is 2. The number of imidazole rings is 1. The van der Waals surface area contributed by atoms with Crippen LogP contribution in [0.1, 0.15) is 18.5 Å². The van der Waals surface area contributed by atoms with Crippen LogP contribution in [0.4, 0.5) is 0 Å². The number of fused-ring (bicyclic) bond motifs is 1. The monoisotopic (exact) mass is 353 g/mol. The Morgan fingerprint density at radius 1 is 1.15 bits per heavy atom. The number of nitrogens with zero attached hydrogens (tertiary/aromatic N) is 3. The van der Waals surface area contributed by atoms with Crippen molar-refractivity contribution < 1.29 is 0 Å². The SMILES string of the molecule is CC(c1ccccc1)n1c(=O)n(Br)c2ncccc21.Cl. The topological polar surface area (TPSA) is 39.8 Å². The molecule has 4 nitrogen and oxygen atoms in total. The van der Waals surface area contributed by atoms with Gasteiger partial charge < -0.3 is 0 Å². The Balaban J connectivity index is 0.00000147. The number of aromatic nitrogens is 3. The van der Waals surface area contributed by atoms with E-state index in [1.807, 2.05) is 49.4 Å². The standard InChI is InChI=1S/C14H12BrN3O.ClH/c1-10(11-6-3-2-4-7-11)17-12-8-5-9-16-13(12)18(15)14(17)19;/h2-10H,1H3;1H. The lowest BCUT2D eigenvalue weighted by atomic mass is 10.1. The maximum Gasteiger partial charge on any atom is 0.341 e. The van der Waals surface area contributed by atoms with Gasteiger partial charge in [0.15, 0.2) is 5.65 Å². The van der Waals surface area contributed by atoms with Gasteiger partial charge in [-0.1, -0.05) is 30.3 Å². The van der Waals surface area contributed by atoms with Crippen molar-refractivity contribution in [2.45, 2.75) is 13.0 Å². The minimum atomic E-state index is -0.120. The van der Waals surface area contributed by atoms with Gasteiger partial charge in [-0.25, -0.2) is 13.4 Å². The van der Waals surface area contributed by atoms with Gasteiger partial charge in [-0.05, 0) is 24.6 Å². The highest BCUT2D eigenvalue weighted by molar-refractivity contribution is 9.08. The molecule has 0 saturated carbocycles. The normalized spacial score (nSPS) is 12.1. The molecule has 0 N–H and O–H groups in total. The van der Waals surface area contributed by atoms with Crippen LogP contribution in [-0.4, -0.2) is 13.1 Å². The molecule has 2 aromatic heterocycles. The lowest BCUT2D eigenvalue weighted by Crippen LogP contribution is -2.23. The third-order valence-electron chi connectivity index (χ3n) is 3.25. The van der Waals surface area contributed by atoms with Crippen molar-refractivity contribution in [3.63, 3.8) is 0 Å². The Kier molecular flexibility index (Phi) is 4.30. The molecule has 0 aliphatic rings. The summed E-state index contributed by atoms with van der Waals surface area (Å²) < 4.78 is 3.15. The highest BCUT2D eigenvalue weighted by atomic mass is 79.9. The zero-order valence-electron chi connectivity index (χ0n) is 10.7. The summed E-state index contributed by atoms with van der Waals surface area (Å²) in [5.41, 5.74) is 2.43. The fourth-order valence-electron chi connectivity index (χ4n) is 2.27. The van der Waals surface area contributed by atoms with E-state index in [0.717, 1.165) is 11.1 Å². The van der Waals surface area contributed by atoms with Gasteiger partial charge in [0, 0.05) is 6.20 Å². The van der Waals surface area contributed by atoms with E-state index in [-0.39, 0.29) is 24.1 Å². The van der Waals surface area contributed by atoms with Gasteiger partial charge in [-0.15, -0.1) is 12.4 Å². The largest absolute Gasteiger partial charge is 0.341 e. The summed E-state index contributed by atoms with van der Waals surface area (Å²) in [6, 6.07) is 13.7. The Bertz CT molecular complexity index is 782. The number of pyridine rings is 1. The first kappa shape index (κ1) is 14.8. The van der Waals surface area contributed by atoms with Crippen LogP contribution in [-0.2, 0) is 0 Å². The van der Waals surface area contributed by atoms with Crippen LogP contribution < -0.4 is 5.69 Å². The molecule has 1 atom stereocenters. The summed E-state index contributed by atoms with van der Waals surface area (Å²) in [6.45, 7) is 2.01. The molecule has 6 heteroatoms. The summed E-state index contributed by atoms with van der Waals surface area (Å²) in [5.74, 6) is 0. The van der Waals surface area contributed by atoms with Crippen LogP contribution in [0.15, 0.2) is 53.5 Å². The summed E-state index contributed by atoms with van der Waals surface area (Å²) in [7, 11) is 0. The van der Waals surface area contributed by atoms with Crippen LogP contribution in [0.3, 0.4) is 0 Å². The third-order valence-corrected chi connectivity index (χ3v) is 3.89. The number of rotatable bonds is 2. The average Bonchev–Trinajstić information content (AvgIpc) is 2.72. The van der Waals surface area contributed by atoms with Crippen LogP contribution in [0.25, 0.3) is 11.2 Å². The molecule has 0 aliphatic carbocycles. The van der Waals surface area contributed by atoms with Gasteiger partial charge in [0.05, 0.1) is 27.7 Å². The van der Waals surface area contributed by atoms with Gasteiger partial charge in [0.2, 0.25) is 0 Å². The highest BCUT2D eigenvalue weighted by Gasteiger charge is 2.17. The highest BCUT2D eigenvalue weighted by Crippen LogP contribution is 2.21. The molecule has 20 heavy (non-hydrogen) atoms. The average molecular weight is 355 g/mol. The first-order valence-electron chi connectivity index (χ1n) is 5.99. The van der Waals surface area contributed by atoms with Crippen LogP contribution in [0.5, 0.6) is 0 Å². The van der Waals surface area contributed by atoms with Crippen molar-refractivity contribution >= 4 is 39.7 Å². The molecule has 0 spiro atoms. The van der Waals surface area contributed by atoms with E-state index in [1.165, 1.54) is 3.59 Å². The second kappa shape index (κ2) is 5.81. The van der Waals surface area contributed by atoms with Crippen molar-refractivity contribution in [1.29, 1.82) is 0 Å². The molecular weight excluding hydrogens is 342 g/mol. The molecule has 0 aliphatic heterocycles. The molecule has 0 fully saturated rings. The molecule has 0 amide bonds. The number of benzene rings is 1. The van der Waals surface area contributed by atoms with Crippen molar-refractivity contribution in [3.05, 3.63) is 64.7 Å². The molecule has 0 bridgehead atoms. The van der Waals surface area contributed by atoms with Gasteiger partial charge >= 0.3 is 5.69 Å². The minimum Gasteiger partial charge on any atom is -0.282 e. The number of halogens is 2. The lowest BCUT2D eigenvalue weighted by Gasteiger charge is -2.13.